The molecule has 1 aromatic rings. The van der Waals surface area contributed by atoms with Crippen LogP contribution in [0, 0.1) is 17.3 Å². The molecular weight excluding hydrogens is 440 g/mol. The molecule has 3 heteroatoms. The number of piperidine rings is 1. The van der Waals surface area contributed by atoms with Crippen molar-refractivity contribution in [3.8, 4) is 0 Å². The maximum Gasteiger partial charge on any atom is 0.156 e. The van der Waals surface area contributed by atoms with Gasteiger partial charge in [-0.15, -0.1) is 0 Å². The van der Waals surface area contributed by atoms with E-state index in [4.69, 9.17) is 0 Å². The molecule has 192 valence electrons. The van der Waals surface area contributed by atoms with Gasteiger partial charge in [0.05, 0.1) is 0 Å². The zero-order valence-electron chi connectivity index (χ0n) is 22.5. The molecule has 2 aliphatic heterocycles. The number of nitrogens with zero attached hydrogens (tertiary/aromatic N) is 1. The molecule has 3 unspecified atom stereocenters. The van der Waals surface area contributed by atoms with Crippen LogP contribution in [0.15, 0.2) is 47.1 Å². The highest BCUT2D eigenvalue weighted by atomic mass is 16.1. The summed E-state index contributed by atoms with van der Waals surface area (Å²) in [6.45, 7) is 7.47. The van der Waals surface area contributed by atoms with Gasteiger partial charge in [-0.2, -0.15) is 0 Å². The molecule has 36 heavy (non-hydrogen) atoms. The van der Waals surface area contributed by atoms with Crippen LogP contribution in [0.1, 0.15) is 102 Å². The lowest BCUT2D eigenvalue weighted by Crippen LogP contribution is -2.57. The number of nitrogens with one attached hydrogen (secondary N) is 1. The Kier molecular flexibility index (Phi) is 5.55. The SMILES string of the molecule is CC1CCC2(CC[C@H]3[C@@H]4CCC5=CC(=O)CCC5=C4C(c4ccc(N5CCCCC5)cc4)C[C@@]32C)N1. The van der Waals surface area contributed by atoms with Crippen molar-refractivity contribution in [1.82, 2.24) is 5.32 Å². The first kappa shape index (κ1) is 23.3. The molecule has 1 spiro atoms. The van der Waals surface area contributed by atoms with Crippen molar-refractivity contribution in [3.05, 3.63) is 52.6 Å². The summed E-state index contributed by atoms with van der Waals surface area (Å²) in [5.74, 6) is 2.31. The van der Waals surface area contributed by atoms with E-state index >= 15 is 0 Å². The summed E-state index contributed by atoms with van der Waals surface area (Å²) in [7, 11) is 0. The van der Waals surface area contributed by atoms with E-state index < -0.39 is 0 Å². The molecule has 2 saturated heterocycles. The van der Waals surface area contributed by atoms with Crippen LogP contribution in [-0.2, 0) is 4.79 Å². The molecule has 4 aliphatic carbocycles. The highest BCUT2D eigenvalue weighted by Gasteiger charge is 2.64. The van der Waals surface area contributed by atoms with Crippen LogP contribution in [0.5, 0.6) is 0 Å². The molecule has 4 fully saturated rings. The number of carbonyl (C=O) groups is 1. The van der Waals surface area contributed by atoms with E-state index in [9.17, 15) is 4.79 Å². The van der Waals surface area contributed by atoms with Crippen molar-refractivity contribution in [2.75, 3.05) is 18.0 Å². The van der Waals surface area contributed by atoms with Crippen molar-refractivity contribution >= 4 is 11.5 Å². The Morgan fingerprint density at radius 3 is 2.47 bits per heavy atom. The Bertz CT molecular complexity index is 1110. The molecule has 6 atom stereocenters. The lowest BCUT2D eigenvalue weighted by Gasteiger charge is -2.56. The maximum atomic E-state index is 12.3. The lowest BCUT2D eigenvalue weighted by atomic mass is 9.50. The number of hydrogen-bond acceptors (Lipinski definition) is 3. The smallest absolute Gasteiger partial charge is 0.156 e. The Labute approximate surface area is 217 Å². The zero-order valence-corrected chi connectivity index (χ0v) is 22.5. The summed E-state index contributed by atoms with van der Waals surface area (Å²) in [6, 6.07) is 10.4. The second-order valence-corrected chi connectivity index (χ2v) is 13.3. The predicted octanol–water partition coefficient (Wildman–Crippen LogP) is 7.09. The third-order valence-electron chi connectivity index (χ3n) is 11.6. The summed E-state index contributed by atoms with van der Waals surface area (Å²) < 4.78 is 0. The van der Waals surface area contributed by atoms with Gasteiger partial charge in [-0.05, 0) is 130 Å². The number of carbonyl (C=O) groups excluding carboxylic acids is 1. The molecule has 3 nitrogen and oxygen atoms in total. The monoisotopic (exact) mass is 484 g/mol. The normalized spacial score (nSPS) is 40.2. The van der Waals surface area contributed by atoms with Gasteiger partial charge in [0, 0.05) is 42.7 Å². The molecule has 7 rings (SSSR count). The van der Waals surface area contributed by atoms with Crippen LogP contribution in [-0.4, -0.2) is 30.5 Å². The van der Waals surface area contributed by atoms with Gasteiger partial charge >= 0.3 is 0 Å². The van der Waals surface area contributed by atoms with Crippen LogP contribution in [0.2, 0.25) is 0 Å². The third kappa shape index (κ3) is 3.44. The van der Waals surface area contributed by atoms with E-state index in [1.165, 1.54) is 87.7 Å². The fourth-order valence-corrected chi connectivity index (χ4v) is 9.87. The van der Waals surface area contributed by atoms with Gasteiger partial charge in [-0.3, -0.25) is 4.79 Å². The molecule has 1 aromatic carbocycles. The predicted molar refractivity (Wildman–Crippen MR) is 147 cm³/mol. The molecule has 0 bridgehead atoms. The average molecular weight is 485 g/mol. The van der Waals surface area contributed by atoms with Crippen molar-refractivity contribution in [3.63, 3.8) is 0 Å². The van der Waals surface area contributed by atoms with E-state index in [1.54, 1.807) is 11.1 Å². The Morgan fingerprint density at radius 2 is 1.72 bits per heavy atom. The standard InChI is InChI=1S/C33H44N2O/c1-22-14-16-33(34-22)17-15-30-28-12-8-24-20-26(36)11-13-27(24)31(28)29(21-32(30,33)2)23-6-9-25(10-7-23)35-18-4-3-5-19-35/h6-7,9-10,20,22,28-30,34H,3-5,8,11-19,21H2,1-2H3/t22?,28-,29?,30-,32-,33?/m0/s1. The van der Waals surface area contributed by atoms with E-state index in [2.05, 4.69) is 48.3 Å². The summed E-state index contributed by atoms with van der Waals surface area (Å²) in [5, 5.41) is 4.17. The van der Waals surface area contributed by atoms with Gasteiger partial charge in [-0.25, -0.2) is 0 Å². The lowest BCUT2D eigenvalue weighted by molar-refractivity contribution is -0.114. The Balaban J connectivity index is 1.31. The summed E-state index contributed by atoms with van der Waals surface area (Å²) in [5.41, 5.74) is 8.31. The largest absolute Gasteiger partial charge is 0.372 e. The number of benzene rings is 1. The first-order chi connectivity index (χ1) is 17.5. The van der Waals surface area contributed by atoms with Crippen LogP contribution in [0.4, 0.5) is 5.69 Å². The highest BCUT2D eigenvalue weighted by Crippen LogP contribution is 2.68. The number of fused-ring (bicyclic) bond motifs is 5. The van der Waals surface area contributed by atoms with Crippen molar-refractivity contribution in [1.29, 1.82) is 0 Å². The van der Waals surface area contributed by atoms with Gasteiger partial charge < -0.3 is 10.2 Å². The van der Waals surface area contributed by atoms with Crippen LogP contribution >= 0.6 is 0 Å². The molecule has 0 aromatic heterocycles. The third-order valence-corrected chi connectivity index (χ3v) is 11.6. The van der Waals surface area contributed by atoms with Gasteiger partial charge in [-0.1, -0.05) is 24.6 Å². The van der Waals surface area contributed by atoms with Crippen LogP contribution < -0.4 is 10.2 Å². The minimum Gasteiger partial charge on any atom is -0.372 e. The summed E-state index contributed by atoms with van der Waals surface area (Å²) >= 11 is 0. The minimum absolute atomic E-state index is 0.317. The summed E-state index contributed by atoms with van der Waals surface area (Å²) in [6.07, 6.45) is 16.7. The number of hydrogen-bond donors (Lipinski definition) is 1. The number of rotatable bonds is 2. The molecule has 0 amide bonds. The van der Waals surface area contributed by atoms with Crippen molar-refractivity contribution in [2.24, 2.45) is 17.3 Å². The quantitative estimate of drug-likeness (QED) is 0.486. The van der Waals surface area contributed by atoms with Gasteiger partial charge in [0.15, 0.2) is 5.78 Å². The number of anilines is 1. The van der Waals surface area contributed by atoms with Crippen molar-refractivity contribution in [2.45, 2.75) is 108 Å². The fraction of sp³-hybridized carbons (Fsp3) is 0.667. The fourth-order valence-electron chi connectivity index (χ4n) is 9.87. The molecular formula is C33H44N2O. The van der Waals surface area contributed by atoms with Gasteiger partial charge in [0.1, 0.15) is 0 Å². The first-order valence-electron chi connectivity index (χ1n) is 15.1. The topological polar surface area (TPSA) is 32.3 Å². The molecule has 6 aliphatic rings. The minimum atomic E-state index is 0.317. The van der Waals surface area contributed by atoms with Crippen LogP contribution in [0.3, 0.4) is 0 Å². The van der Waals surface area contributed by atoms with Gasteiger partial charge in [0.25, 0.3) is 0 Å². The number of ketones is 1. The average Bonchev–Trinajstić information content (AvgIpc) is 3.43. The molecule has 1 N–H and O–H groups in total. The van der Waals surface area contributed by atoms with E-state index in [-0.39, 0.29) is 0 Å². The first-order valence-corrected chi connectivity index (χ1v) is 15.1. The van der Waals surface area contributed by atoms with Gasteiger partial charge in [0.2, 0.25) is 0 Å². The Morgan fingerprint density at radius 1 is 0.944 bits per heavy atom. The van der Waals surface area contributed by atoms with E-state index in [0.717, 1.165) is 18.8 Å². The van der Waals surface area contributed by atoms with Crippen LogP contribution in [0.25, 0.3) is 0 Å². The molecule has 2 saturated carbocycles. The number of allylic oxidation sites excluding steroid dienone is 4. The van der Waals surface area contributed by atoms with E-state index in [1.807, 2.05) is 6.08 Å². The Hall–Kier alpha value is -1.87. The molecule has 2 heterocycles. The second-order valence-electron chi connectivity index (χ2n) is 13.3. The van der Waals surface area contributed by atoms with E-state index in [0.29, 0.717) is 41.0 Å². The second kappa shape index (κ2) is 8.58. The zero-order chi connectivity index (χ0) is 24.5. The highest BCUT2D eigenvalue weighted by molar-refractivity contribution is 5.93. The summed E-state index contributed by atoms with van der Waals surface area (Å²) in [4.78, 5) is 14.9. The maximum absolute atomic E-state index is 12.3. The molecule has 0 radical (unpaired) electrons. The van der Waals surface area contributed by atoms with Crippen molar-refractivity contribution < 1.29 is 4.79 Å².